The van der Waals surface area contributed by atoms with E-state index < -0.39 is 6.67 Å². The average Bonchev–Trinajstić information content (AvgIpc) is 1.87. The quantitative estimate of drug-likeness (QED) is 0.266. The van der Waals surface area contributed by atoms with Crippen LogP contribution in [0.5, 0.6) is 0 Å². The van der Waals surface area contributed by atoms with E-state index in [1.807, 2.05) is 13.8 Å². The Balaban J connectivity index is 3.86. The van der Waals surface area contributed by atoms with Crippen LogP contribution in [0.15, 0.2) is 5.10 Å². The molecule has 0 rings (SSSR count). The van der Waals surface area contributed by atoms with Gasteiger partial charge in [-0.15, -0.1) is 5.10 Å². The minimum atomic E-state index is -0.522. The minimum Gasteiger partial charge on any atom is -0.385 e. The summed E-state index contributed by atoms with van der Waals surface area (Å²) in [5, 5.41) is 4.74. The summed E-state index contributed by atoms with van der Waals surface area (Å²) in [5.74, 6) is 5.81. The van der Waals surface area contributed by atoms with Crippen LogP contribution in [-0.2, 0) is 0 Å². The molecule has 66 valence electrons. The number of hydrazine groups is 1. The molecule has 0 aromatic heterocycles. The molecule has 0 unspecified atom stereocenters. The summed E-state index contributed by atoms with van der Waals surface area (Å²) in [4.78, 5) is 0. The highest BCUT2D eigenvalue weighted by Gasteiger charge is 2.00. The lowest BCUT2D eigenvalue weighted by Crippen LogP contribution is -2.32. The molecule has 0 spiro atoms. The number of halogens is 1. The van der Waals surface area contributed by atoms with Crippen molar-refractivity contribution in [2.75, 3.05) is 13.2 Å². The zero-order chi connectivity index (χ0) is 8.85. The van der Waals surface area contributed by atoms with E-state index in [9.17, 15) is 4.39 Å². The van der Waals surface area contributed by atoms with Gasteiger partial charge in [0.2, 0.25) is 0 Å². The van der Waals surface area contributed by atoms with Crippen LogP contribution in [0.1, 0.15) is 13.8 Å². The maximum Gasteiger partial charge on any atom is 0.123 e. The molecule has 0 fully saturated rings. The highest BCUT2D eigenvalue weighted by atomic mass is 19.1. The second kappa shape index (κ2) is 4.90. The summed E-state index contributed by atoms with van der Waals surface area (Å²) >= 11 is 0. The van der Waals surface area contributed by atoms with Crippen molar-refractivity contribution < 1.29 is 4.39 Å². The number of nitrogens with two attached hydrogens (primary N) is 2. The summed E-state index contributed by atoms with van der Waals surface area (Å²) in [6.07, 6.45) is 0. The highest BCUT2D eigenvalue weighted by Crippen LogP contribution is 1.92. The van der Waals surface area contributed by atoms with E-state index in [1.54, 1.807) is 0 Å². The molecule has 0 saturated heterocycles. The van der Waals surface area contributed by atoms with Crippen LogP contribution in [0.25, 0.3) is 0 Å². The molecule has 0 saturated carbocycles. The van der Waals surface area contributed by atoms with Crippen LogP contribution < -0.4 is 11.6 Å². The molecule has 0 aliphatic heterocycles. The van der Waals surface area contributed by atoms with Crippen molar-refractivity contribution in [3.05, 3.63) is 0 Å². The van der Waals surface area contributed by atoms with Gasteiger partial charge in [-0.05, 0) is 0 Å². The predicted octanol–water partition coefficient (Wildman–Crippen LogP) is 0.0598. The monoisotopic (exact) mass is 162 g/mol. The molecule has 0 aromatic rings. The van der Waals surface area contributed by atoms with E-state index in [1.165, 1.54) is 0 Å². The molecule has 4 N–H and O–H groups in total. The van der Waals surface area contributed by atoms with Crippen LogP contribution in [0.2, 0.25) is 0 Å². The molecule has 0 aliphatic rings. The molecule has 0 atom stereocenters. The number of rotatable bonds is 4. The maximum atomic E-state index is 11.7. The maximum absolute atomic E-state index is 11.7. The van der Waals surface area contributed by atoms with Gasteiger partial charge in [0.25, 0.3) is 0 Å². The zero-order valence-corrected chi connectivity index (χ0v) is 6.92. The Morgan fingerprint density at radius 1 is 1.64 bits per heavy atom. The highest BCUT2D eigenvalue weighted by molar-refractivity contribution is 5.81. The van der Waals surface area contributed by atoms with Gasteiger partial charge in [-0.3, -0.25) is 0 Å². The van der Waals surface area contributed by atoms with E-state index in [4.69, 9.17) is 11.6 Å². The van der Waals surface area contributed by atoms with Crippen molar-refractivity contribution in [2.45, 2.75) is 13.8 Å². The van der Waals surface area contributed by atoms with Crippen molar-refractivity contribution in [2.24, 2.45) is 22.6 Å². The first-order valence-electron chi connectivity index (χ1n) is 3.50. The van der Waals surface area contributed by atoms with E-state index in [0.29, 0.717) is 5.84 Å². The fraction of sp³-hybridized carbons (Fsp3) is 0.833. The first-order valence-corrected chi connectivity index (χ1v) is 3.50. The van der Waals surface area contributed by atoms with E-state index in [2.05, 4.69) is 5.10 Å². The fourth-order valence-corrected chi connectivity index (χ4v) is 0.400. The topological polar surface area (TPSA) is 67.6 Å². The third kappa shape index (κ3) is 4.55. The Bertz CT molecular complexity index is 135. The third-order valence-electron chi connectivity index (χ3n) is 1.15. The molecule has 0 radical (unpaired) electrons. The smallest absolute Gasteiger partial charge is 0.123 e. The number of hydrogen-bond acceptors (Lipinski definition) is 3. The molecule has 4 nitrogen and oxygen atoms in total. The van der Waals surface area contributed by atoms with Crippen molar-refractivity contribution in [1.82, 2.24) is 5.12 Å². The van der Waals surface area contributed by atoms with Gasteiger partial charge in [-0.1, -0.05) is 13.8 Å². The van der Waals surface area contributed by atoms with Crippen LogP contribution in [0, 0.1) is 5.92 Å². The lowest BCUT2D eigenvalue weighted by Gasteiger charge is -2.12. The summed E-state index contributed by atoms with van der Waals surface area (Å²) in [5.41, 5.74) is 5.45. The van der Waals surface area contributed by atoms with Crippen molar-refractivity contribution >= 4 is 5.84 Å². The summed E-state index contributed by atoms with van der Waals surface area (Å²) in [7, 11) is 0. The fourth-order valence-electron chi connectivity index (χ4n) is 0.400. The summed E-state index contributed by atoms with van der Waals surface area (Å²) in [6, 6.07) is 0. The van der Waals surface area contributed by atoms with Gasteiger partial charge in [0.05, 0.1) is 6.54 Å². The summed E-state index contributed by atoms with van der Waals surface area (Å²) in [6.45, 7) is 3.34. The molecule has 0 bridgehead atoms. The molecule has 0 aromatic carbocycles. The van der Waals surface area contributed by atoms with Crippen LogP contribution in [0.3, 0.4) is 0 Å². The van der Waals surface area contributed by atoms with Crippen molar-refractivity contribution in [3.8, 4) is 0 Å². The van der Waals surface area contributed by atoms with Crippen molar-refractivity contribution in [1.29, 1.82) is 0 Å². The lowest BCUT2D eigenvalue weighted by atomic mass is 10.2. The molecule has 11 heavy (non-hydrogen) atoms. The molecular weight excluding hydrogens is 147 g/mol. The number of nitrogens with zero attached hydrogens (tertiary/aromatic N) is 2. The third-order valence-corrected chi connectivity index (χ3v) is 1.15. The second-order valence-electron chi connectivity index (χ2n) is 2.53. The Morgan fingerprint density at radius 2 is 2.18 bits per heavy atom. The molecule has 0 aliphatic carbocycles. The number of alkyl halides is 1. The van der Waals surface area contributed by atoms with Gasteiger partial charge in [0.15, 0.2) is 0 Å². The van der Waals surface area contributed by atoms with Crippen LogP contribution in [-0.4, -0.2) is 24.2 Å². The van der Waals surface area contributed by atoms with E-state index >= 15 is 0 Å². The van der Waals surface area contributed by atoms with E-state index in [0.717, 1.165) is 5.12 Å². The van der Waals surface area contributed by atoms with Gasteiger partial charge < -0.3 is 5.73 Å². The van der Waals surface area contributed by atoms with Gasteiger partial charge >= 0.3 is 0 Å². The zero-order valence-electron chi connectivity index (χ0n) is 6.92. The Labute approximate surface area is 66.0 Å². The average molecular weight is 162 g/mol. The van der Waals surface area contributed by atoms with Gasteiger partial charge in [0, 0.05) is 5.92 Å². The lowest BCUT2D eigenvalue weighted by molar-refractivity contribution is 0.264. The Hall–Kier alpha value is -0.840. The molecule has 0 amide bonds. The molecule has 5 heteroatoms. The first kappa shape index (κ1) is 10.2. The van der Waals surface area contributed by atoms with Crippen LogP contribution >= 0.6 is 0 Å². The van der Waals surface area contributed by atoms with Gasteiger partial charge in [-0.2, -0.15) is 0 Å². The normalized spacial score (nSPS) is 12.3. The van der Waals surface area contributed by atoms with Crippen molar-refractivity contribution in [3.63, 3.8) is 0 Å². The van der Waals surface area contributed by atoms with Gasteiger partial charge in [0.1, 0.15) is 12.5 Å². The minimum absolute atomic E-state index is 0.0768. The predicted molar refractivity (Wildman–Crippen MR) is 43.3 cm³/mol. The van der Waals surface area contributed by atoms with Gasteiger partial charge in [-0.25, -0.2) is 15.4 Å². The Morgan fingerprint density at radius 3 is 2.55 bits per heavy atom. The summed E-state index contributed by atoms with van der Waals surface area (Å²) < 4.78 is 11.7. The number of hydrogen-bond donors (Lipinski definition) is 2. The molecular formula is C6H15FN4. The van der Waals surface area contributed by atoms with Crippen LogP contribution in [0.4, 0.5) is 4.39 Å². The largest absolute Gasteiger partial charge is 0.385 e. The second-order valence-corrected chi connectivity index (χ2v) is 2.53. The Kier molecular flexibility index (Phi) is 4.52. The van der Waals surface area contributed by atoms with E-state index in [-0.39, 0.29) is 12.5 Å². The number of hydrazone groups is 1. The number of amidine groups is 1. The molecule has 0 heterocycles. The SMILES string of the molecule is CC(C)/C(N)=N/N(N)CCF. The standard InChI is InChI=1S/C6H15FN4/c1-5(2)6(8)10-11(9)4-3-7/h5H,3-4,9H2,1-2H3,(H2,8,10). The first-order chi connectivity index (χ1) is 5.07.